The zero-order valence-corrected chi connectivity index (χ0v) is 10.2. The van der Waals surface area contributed by atoms with E-state index in [4.69, 9.17) is 15.7 Å². The zero-order valence-electron chi connectivity index (χ0n) is 10.2. The van der Waals surface area contributed by atoms with E-state index >= 15 is 0 Å². The second-order valence-electron chi connectivity index (χ2n) is 4.71. The Kier molecular flexibility index (Phi) is 5.02. The largest absolute Gasteiger partial charge is 0.409 e. The zero-order chi connectivity index (χ0) is 12.0. The molecule has 1 rings (SSSR count). The van der Waals surface area contributed by atoms with E-state index < -0.39 is 0 Å². The highest BCUT2D eigenvalue weighted by molar-refractivity contribution is 5.80. The SMILES string of the molecule is CCOCC(C)NCC1(CC(N)=NO)CC1. The van der Waals surface area contributed by atoms with Crippen LogP contribution in [0.15, 0.2) is 5.16 Å². The van der Waals surface area contributed by atoms with Crippen LogP contribution in [0.1, 0.15) is 33.1 Å². The molecule has 1 aliphatic carbocycles. The molecule has 0 aromatic rings. The van der Waals surface area contributed by atoms with E-state index in [2.05, 4.69) is 17.4 Å². The summed E-state index contributed by atoms with van der Waals surface area (Å²) in [6.45, 7) is 6.50. The molecule has 5 heteroatoms. The van der Waals surface area contributed by atoms with Crippen molar-refractivity contribution in [2.24, 2.45) is 16.3 Å². The van der Waals surface area contributed by atoms with E-state index in [1.807, 2.05) is 6.92 Å². The van der Waals surface area contributed by atoms with Crippen molar-refractivity contribution in [1.82, 2.24) is 5.32 Å². The van der Waals surface area contributed by atoms with Crippen LogP contribution in [-0.2, 0) is 4.74 Å². The first-order chi connectivity index (χ1) is 7.62. The molecule has 1 aliphatic rings. The molecule has 94 valence electrons. The molecule has 0 aliphatic heterocycles. The van der Waals surface area contributed by atoms with Crippen molar-refractivity contribution >= 4 is 5.84 Å². The molecule has 1 saturated carbocycles. The fourth-order valence-corrected chi connectivity index (χ4v) is 1.76. The minimum atomic E-state index is 0.219. The van der Waals surface area contributed by atoms with Gasteiger partial charge in [-0.25, -0.2) is 0 Å². The molecule has 1 fully saturated rings. The van der Waals surface area contributed by atoms with Crippen LogP contribution in [-0.4, -0.2) is 36.8 Å². The maximum Gasteiger partial charge on any atom is 0.139 e. The van der Waals surface area contributed by atoms with Crippen LogP contribution >= 0.6 is 0 Å². The lowest BCUT2D eigenvalue weighted by molar-refractivity contribution is 0.125. The minimum Gasteiger partial charge on any atom is -0.409 e. The Labute approximate surface area is 97.0 Å². The molecule has 16 heavy (non-hydrogen) atoms. The van der Waals surface area contributed by atoms with Crippen molar-refractivity contribution in [3.8, 4) is 0 Å². The summed E-state index contributed by atoms with van der Waals surface area (Å²) in [5.41, 5.74) is 5.75. The number of amidine groups is 1. The van der Waals surface area contributed by atoms with E-state index in [0.29, 0.717) is 18.3 Å². The Balaban J connectivity index is 2.21. The lowest BCUT2D eigenvalue weighted by Gasteiger charge is -2.19. The summed E-state index contributed by atoms with van der Waals surface area (Å²) < 4.78 is 5.33. The number of rotatable bonds is 8. The number of nitrogens with two attached hydrogens (primary N) is 1. The standard InChI is InChI=1S/C11H23N3O2/c1-3-16-7-9(2)13-8-11(4-5-11)6-10(12)14-15/h9,13,15H,3-8H2,1-2H3,(H2,12,14). The Morgan fingerprint density at radius 3 is 2.81 bits per heavy atom. The Bertz CT molecular complexity index is 239. The van der Waals surface area contributed by atoms with Crippen molar-refractivity contribution in [1.29, 1.82) is 0 Å². The second-order valence-corrected chi connectivity index (χ2v) is 4.71. The Hall–Kier alpha value is -0.810. The predicted octanol–water partition coefficient (Wildman–Crippen LogP) is 0.918. The molecule has 0 aromatic heterocycles. The van der Waals surface area contributed by atoms with Crippen LogP contribution < -0.4 is 11.1 Å². The average molecular weight is 229 g/mol. The highest BCUT2D eigenvalue weighted by atomic mass is 16.5. The van der Waals surface area contributed by atoms with Gasteiger partial charge in [0, 0.05) is 25.6 Å². The Morgan fingerprint density at radius 1 is 1.62 bits per heavy atom. The number of ether oxygens (including phenoxy) is 1. The second kappa shape index (κ2) is 6.06. The summed E-state index contributed by atoms with van der Waals surface area (Å²) in [7, 11) is 0. The molecule has 1 unspecified atom stereocenters. The molecular formula is C11H23N3O2. The molecule has 4 N–H and O–H groups in total. The summed E-state index contributed by atoms with van der Waals surface area (Å²) in [4.78, 5) is 0. The number of hydrogen-bond donors (Lipinski definition) is 3. The van der Waals surface area contributed by atoms with Crippen LogP contribution in [0.4, 0.5) is 0 Å². The highest BCUT2D eigenvalue weighted by Crippen LogP contribution is 2.48. The third-order valence-corrected chi connectivity index (χ3v) is 3.04. The summed E-state index contributed by atoms with van der Waals surface area (Å²) in [6, 6.07) is 0.352. The van der Waals surface area contributed by atoms with Gasteiger partial charge >= 0.3 is 0 Å². The van der Waals surface area contributed by atoms with E-state index in [-0.39, 0.29) is 5.41 Å². The number of oxime groups is 1. The first kappa shape index (κ1) is 13.3. The van der Waals surface area contributed by atoms with Gasteiger partial charge in [0.05, 0.1) is 6.61 Å². The molecule has 5 nitrogen and oxygen atoms in total. The summed E-state index contributed by atoms with van der Waals surface area (Å²) in [5, 5.41) is 15.0. The van der Waals surface area contributed by atoms with Gasteiger partial charge in [0.2, 0.25) is 0 Å². The molecule has 0 aromatic carbocycles. The first-order valence-corrected chi connectivity index (χ1v) is 5.89. The van der Waals surface area contributed by atoms with E-state index in [1.54, 1.807) is 0 Å². The molecule has 0 radical (unpaired) electrons. The van der Waals surface area contributed by atoms with Gasteiger partial charge in [-0.15, -0.1) is 0 Å². The van der Waals surface area contributed by atoms with Crippen LogP contribution in [0.2, 0.25) is 0 Å². The number of nitrogens with zero attached hydrogens (tertiary/aromatic N) is 1. The van der Waals surface area contributed by atoms with Gasteiger partial charge < -0.3 is 21.0 Å². The topological polar surface area (TPSA) is 79.9 Å². The smallest absolute Gasteiger partial charge is 0.139 e. The monoisotopic (exact) mass is 229 g/mol. The summed E-state index contributed by atoms with van der Waals surface area (Å²) in [5.74, 6) is 0.330. The Morgan fingerprint density at radius 2 is 2.31 bits per heavy atom. The van der Waals surface area contributed by atoms with Crippen molar-refractivity contribution in [2.45, 2.75) is 39.2 Å². The molecule has 0 bridgehead atoms. The van der Waals surface area contributed by atoms with Gasteiger partial charge in [-0.2, -0.15) is 0 Å². The first-order valence-electron chi connectivity index (χ1n) is 5.89. The summed E-state index contributed by atoms with van der Waals surface area (Å²) >= 11 is 0. The van der Waals surface area contributed by atoms with Crippen LogP contribution in [0.25, 0.3) is 0 Å². The van der Waals surface area contributed by atoms with Gasteiger partial charge in [-0.3, -0.25) is 0 Å². The normalized spacial score (nSPS) is 20.8. The quantitative estimate of drug-likeness (QED) is 0.250. The molecule has 1 atom stereocenters. The maximum absolute atomic E-state index is 8.54. The van der Waals surface area contributed by atoms with E-state index in [1.165, 1.54) is 0 Å². The van der Waals surface area contributed by atoms with Crippen molar-refractivity contribution in [2.75, 3.05) is 19.8 Å². The van der Waals surface area contributed by atoms with Crippen LogP contribution in [0.3, 0.4) is 0 Å². The number of nitrogens with one attached hydrogen (secondary N) is 1. The van der Waals surface area contributed by atoms with Crippen molar-refractivity contribution in [3.63, 3.8) is 0 Å². The molecular weight excluding hydrogens is 206 g/mol. The third kappa shape index (κ3) is 4.37. The number of hydrogen-bond acceptors (Lipinski definition) is 4. The summed E-state index contributed by atoms with van der Waals surface area (Å²) in [6.07, 6.45) is 2.98. The molecule has 0 amide bonds. The van der Waals surface area contributed by atoms with Gasteiger partial charge in [-0.1, -0.05) is 5.16 Å². The van der Waals surface area contributed by atoms with Crippen molar-refractivity contribution in [3.05, 3.63) is 0 Å². The highest BCUT2D eigenvalue weighted by Gasteiger charge is 2.43. The van der Waals surface area contributed by atoms with Crippen LogP contribution in [0.5, 0.6) is 0 Å². The lowest BCUT2D eigenvalue weighted by Crippen LogP contribution is -2.36. The van der Waals surface area contributed by atoms with Crippen LogP contribution in [0, 0.1) is 5.41 Å². The van der Waals surface area contributed by atoms with Gasteiger partial charge in [0.15, 0.2) is 0 Å². The van der Waals surface area contributed by atoms with Gasteiger partial charge in [0.25, 0.3) is 0 Å². The van der Waals surface area contributed by atoms with E-state index in [9.17, 15) is 0 Å². The molecule has 0 spiro atoms. The van der Waals surface area contributed by atoms with Crippen molar-refractivity contribution < 1.29 is 9.94 Å². The van der Waals surface area contributed by atoms with Gasteiger partial charge in [0.1, 0.15) is 5.84 Å². The fourth-order valence-electron chi connectivity index (χ4n) is 1.76. The minimum absolute atomic E-state index is 0.219. The fraction of sp³-hybridized carbons (Fsp3) is 0.909. The van der Waals surface area contributed by atoms with E-state index in [0.717, 1.165) is 32.6 Å². The third-order valence-electron chi connectivity index (χ3n) is 3.04. The predicted molar refractivity (Wildman–Crippen MR) is 63.7 cm³/mol. The average Bonchev–Trinajstić information content (AvgIpc) is 3.04. The maximum atomic E-state index is 8.54. The van der Waals surface area contributed by atoms with Gasteiger partial charge in [-0.05, 0) is 32.1 Å². The lowest BCUT2D eigenvalue weighted by atomic mass is 10.0. The molecule has 0 saturated heterocycles. The molecule has 0 heterocycles.